The number of methoxy groups -OCH3 is 1. The molecule has 2 aromatic rings. The van der Waals surface area contributed by atoms with Crippen LogP contribution in [-0.2, 0) is 11.3 Å². The van der Waals surface area contributed by atoms with Crippen molar-refractivity contribution in [2.75, 3.05) is 7.11 Å². The maximum Gasteiger partial charge on any atom is 0.244 e. The van der Waals surface area contributed by atoms with E-state index in [0.29, 0.717) is 6.54 Å². The Morgan fingerprint density at radius 2 is 1.81 bits per heavy atom. The van der Waals surface area contributed by atoms with Gasteiger partial charge in [0.05, 0.1) is 7.11 Å². The molecule has 0 spiro atoms. The maximum absolute atomic E-state index is 12.7. The molecule has 0 heterocycles. The predicted octanol–water partition coefficient (Wildman–Crippen LogP) is 3.16. The molecule has 1 N–H and O–H groups in total. The van der Waals surface area contributed by atoms with Gasteiger partial charge in [0.25, 0.3) is 0 Å². The van der Waals surface area contributed by atoms with Gasteiger partial charge in [-0.2, -0.15) is 0 Å². The first-order valence-corrected chi connectivity index (χ1v) is 6.52. The lowest BCUT2D eigenvalue weighted by molar-refractivity contribution is -0.116. The molecule has 4 heteroatoms. The number of hydrogen-bond acceptors (Lipinski definition) is 2. The standard InChI is InChI=1S/C17H16FNO2/c1-21-16-9-4-13(5-10-16)6-11-17(20)19-12-14-2-7-15(18)8-3-14/h2-11H,12H2,1H3,(H,19,20). The zero-order valence-corrected chi connectivity index (χ0v) is 11.7. The van der Waals surface area contributed by atoms with Gasteiger partial charge in [-0.25, -0.2) is 4.39 Å². The van der Waals surface area contributed by atoms with E-state index in [9.17, 15) is 9.18 Å². The van der Waals surface area contributed by atoms with Crippen molar-refractivity contribution in [3.63, 3.8) is 0 Å². The summed E-state index contributed by atoms with van der Waals surface area (Å²) in [6.07, 6.45) is 3.19. The SMILES string of the molecule is COc1ccc(C=CC(=O)NCc2ccc(F)cc2)cc1. The quantitative estimate of drug-likeness (QED) is 0.857. The first-order valence-electron chi connectivity index (χ1n) is 6.52. The van der Waals surface area contributed by atoms with Crippen molar-refractivity contribution in [1.82, 2.24) is 5.32 Å². The minimum atomic E-state index is -0.288. The third kappa shape index (κ3) is 4.76. The highest BCUT2D eigenvalue weighted by atomic mass is 19.1. The molecule has 2 rings (SSSR count). The molecule has 0 fully saturated rings. The van der Waals surface area contributed by atoms with Gasteiger partial charge in [-0.1, -0.05) is 24.3 Å². The largest absolute Gasteiger partial charge is 0.497 e. The summed E-state index contributed by atoms with van der Waals surface area (Å²) in [5, 5.41) is 2.74. The van der Waals surface area contributed by atoms with Gasteiger partial charge >= 0.3 is 0 Å². The van der Waals surface area contributed by atoms with Crippen molar-refractivity contribution in [1.29, 1.82) is 0 Å². The number of hydrogen-bond donors (Lipinski definition) is 1. The van der Waals surface area contributed by atoms with Crippen LogP contribution in [0.1, 0.15) is 11.1 Å². The number of carbonyl (C=O) groups excluding carboxylic acids is 1. The van der Waals surface area contributed by atoms with Crippen LogP contribution in [0.5, 0.6) is 5.75 Å². The van der Waals surface area contributed by atoms with Crippen LogP contribution in [0.15, 0.2) is 54.6 Å². The Kier molecular flexibility index (Phi) is 5.10. The molecule has 0 saturated heterocycles. The van der Waals surface area contributed by atoms with Crippen LogP contribution >= 0.6 is 0 Å². The van der Waals surface area contributed by atoms with E-state index in [0.717, 1.165) is 16.9 Å². The number of benzene rings is 2. The van der Waals surface area contributed by atoms with Crippen LogP contribution in [0.2, 0.25) is 0 Å². The van der Waals surface area contributed by atoms with Crippen molar-refractivity contribution < 1.29 is 13.9 Å². The normalized spacial score (nSPS) is 10.6. The zero-order chi connectivity index (χ0) is 15.1. The number of ether oxygens (including phenoxy) is 1. The van der Waals surface area contributed by atoms with Crippen LogP contribution < -0.4 is 10.1 Å². The van der Waals surface area contributed by atoms with E-state index >= 15 is 0 Å². The van der Waals surface area contributed by atoms with Crippen LogP contribution in [0.25, 0.3) is 6.08 Å². The summed E-state index contributed by atoms with van der Waals surface area (Å²) in [5.41, 5.74) is 1.76. The van der Waals surface area contributed by atoms with Gasteiger partial charge in [-0.05, 0) is 41.5 Å². The fraction of sp³-hybridized carbons (Fsp3) is 0.118. The monoisotopic (exact) mass is 285 g/mol. The second-order valence-electron chi connectivity index (χ2n) is 4.45. The van der Waals surface area contributed by atoms with E-state index in [1.165, 1.54) is 18.2 Å². The number of rotatable bonds is 5. The fourth-order valence-electron chi connectivity index (χ4n) is 1.74. The van der Waals surface area contributed by atoms with E-state index in [2.05, 4.69) is 5.32 Å². The Morgan fingerprint density at radius 1 is 1.14 bits per heavy atom. The molecular formula is C17H16FNO2. The van der Waals surface area contributed by atoms with Crippen LogP contribution in [-0.4, -0.2) is 13.0 Å². The topological polar surface area (TPSA) is 38.3 Å². The smallest absolute Gasteiger partial charge is 0.244 e. The average Bonchev–Trinajstić information content (AvgIpc) is 2.53. The van der Waals surface area contributed by atoms with Crippen LogP contribution in [0.3, 0.4) is 0 Å². The fourth-order valence-corrected chi connectivity index (χ4v) is 1.74. The highest BCUT2D eigenvalue weighted by Gasteiger charge is 1.98. The van der Waals surface area contributed by atoms with E-state index in [1.807, 2.05) is 24.3 Å². The Labute approximate surface area is 123 Å². The minimum absolute atomic E-state index is 0.199. The molecule has 0 atom stereocenters. The molecule has 0 bridgehead atoms. The highest BCUT2D eigenvalue weighted by Crippen LogP contribution is 2.12. The van der Waals surface area contributed by atoms with E-state index in [-0.39, 0.29) is 11.7 Å². The van der Waals surface area contributed by atoms with E-state index in [1.54, 1.807) is 25.3 Å². The minimum Gasteiger partial charge on any atom is -0.497 e. The van der Waals surface area contributed by atoms with Gasteiger partial charge in [0, 0.05) is 12.6 Å². The van der Waals surface area contributed by atoms with Crippen molar-refractivity contribution in [3.8, 4) is 5.75 Å². The molecule has 3 nitrogen and oxygen atoms in total. The summed E-state index contributed by atoms with van der Waals surface area (Å²) in [6.45, 7) is 0.367. The van der Waals surface area contributed by atoms with Crippen LogP contribution in [0.4, 0.5) is 4.39 Å². The first kappa shape index (κ1) is 14.8. The third-order valence-electron chi connectivity index (χ3n) is 2.92. The highest BCUT2D eigenvalue weighted by molar-refractivity contribution is 5.91. The number of halogens is 1. The van der Waals surface area contributed by atoms with Gasteiger partial charge in [0.15, 0.2) is 0 Å². The zero-order valence-electron chi connectivity index (χ0n) is 11.7. The number of amides is 1. The van der Waals surface area contributed by atoms with Crippen molar-refractivity contribution in [2.24, 2.45) is 0 Å². The summed E-state index contributed by atoms with van der Waals surface area (Å²) in [4.78, 5) is 11.7. The number of nitrogens with one attached hydrogen (secondary N) is 1. The second-order valence-corrected chi connectivity index (χ2v) is 4.45. The lowest BCUT2D eigenvalue weighted by Gasteiger charge is -2.02. The Bertz CT molecular complexity index is 618. The third-order valence-corrected chi connectivity index (χ3v) is 2.92. The molecule has 0 aliphatic rings. The van der Waals surface area contributed by atoms with E-state index < -0.39 is 0 Å². The van der Waals surface area contributed by atoms with Gasteiger partial charge in [0.2, 0.25) is 5.91 Å². The van der Waals surface area contributed by atoms with Gasteiger partial charge in [-0.3, -0.25) is 4.79 Å². The molecule has 0 unspecified atom stereocenters. The summed E-state index contributed by atoms with van der Waals surface area (Å²) < 4.78 is 17.8. The molecule has 21 heavy (non-hydrogen) atoms. The molecule has 2 aromatic carbocycles. The van der Waals surface area contributed by atoms with Crippen molar-refractivity contribution in [3.05, 3.63) is 71.6 Å². The molecule has 1 amide bonds. The lowest BCUT2D eigenvalue weighted by Crippen LogP contribution is -2.20. The summed E-state index contributed by atoms with van der Waals surface area (Å²) in [6, 6.07) is 13.4. The average molecular weight is 285 g/mol. The van der Waals surface area contributed by atoms with Crippen molar-refractivity contribution in [2.45, 2.75) is 6.54 Å². The molecule has 0 aliphatic carbocycles. The molecule has 0 aliphatic heterocycles. The lowest BCUT2D eigenvalue weighted by atomic mass is 10.2. The number of carbonyl (C=O) groups is 1. The second kappa shape index (κ2) is 7.24. The molecular weight excluding hydrogens is 269 g/mol. The van der Waals surface area contributed by atoms with Crippen LogP contribution in [0, 0.1) is 5.82 Å². The molecule has 0 radical (unpaired) electrons. The summed E-state index contributed by atoms with van der Waals surface area (Å²) >= 11 is 0. The summed E-state index contributed by atoms with van der Waals surface area (Å²) in [7, 11) is 1.60. The Morgan fingerprint density at radius 3 is 2.43 bits per heavy atom. The summed E-state index contributed by atoms with van der Waals surface area (Å²) in [5.74, 6) is 0.285. The van der Waals surface area contributed by atoms with Gasteiger partial charge in [0.1, 0.15) is 11.6 Å². The van der Waals surface area contributed by atoms with E-state index in [4.69, 9.17) is 4.74 Å². The van der Waals surface area contributed by atoms with Crippen molar-refractivity contribution >= 4 is 12.0 Å². The molecule has 0 aromatic heterocycles. The predicted molar refractivity (Wildman–Crippen MR) is 80.3 cm³/mol. The Balaban J connectivity index is 1.85. The first-order chi connectivity index (χ1) is 10.2. The molecule has 0 saturated carbocycles. The Hall–Kier alpha value is -2.62. The van der Waals surface area contributed by atoms with Gasteiger partial charge in [-0.15, -0.1) is 0 Å². The molecule has 108 valence electrons. The maximum atomic E-state index is 12.7. The van der Waals surface area contributed by atoms with Gasteiger partial charge < -0.3 is 10.1 Å².